The fraction of sp³-hybridized carbons (Fsp3) is 0.917. The largest absolute Gasteiger partial charge is 0.341 e. The van der Waals surface area contributed by atoms with Crippen LogP contribution in [-0.2, 0) is 4.79 Å². The summed E-state index contributed by atoms with van der Waals surface area (Å²) in [5, 5.41) is 0. The van der Waals surface area contributed by atoms with E-state index >= 15 is 0 Å². The average molecular weight is 249 g/mol. The molecule has 0 aromatic heterocycles. The fourth-order valence-electron chi connectivity index (χ4n) is 1.87. The Morgan fingerprint density at radius 3 is 2.19 bits per heavy atom. The molecular weight excluding hydrogens is 224 g/mol. The molecule has 1 heterocycles. The first-order valence-corrected chi connectivity index (χ1v) is 5.68. The van der Waals surface area contributed by atoms with Crippen LogP contribution in [0.2, 0.25) is 0 Å². The summed E-state index contributed by atoms with van der Waals surface area (Å²) in [4.78, 5) is 14.0. The lowest BCUT2D eigenvalue weighted by molar-refractivity contribution is -0.134. The average Bonchev–Trinajstić information content (AvgIpc) is 2.42. The Morgan fingerprint density at radius 2 is 1.88 bits per heavy atom. The van der Waals surface area contributed by atoms with Crippen LogP contribution in [0.4, 0.5) is 0 Å². The number of hydrogen-bond donors (Lipinski definition) is 1. The molecule has 1 aliphatic rings. The quantitative estimate of drug-likeness (QED) is 0.772. The minimum absolute atomic E-state index is 0. The van der Waals surface area contributed by atoms with Crippen molar-refractivity contribution < 1.29 is 4.79 Å². The Balaban J connectivity index is 0.00000225. The van der Waals surface area contributed by atoms with E-state index in [1.807, 2.05) is 25.7 Å². The Bertz CT molecular complexity index is 258. The maximum absolute atomic E-state index is 12.1. The number of rotatable bonds is 1. The highest BCUT2D eigenvalue weighted by Crippen LogP contribution is 2.30. The van der Waals surface area contributed by atoms with E-state index in [1.165, 1.54) is 0 Å². The normalized spacial score (nSPS) is 21.5. The predicted octanol–water partition coefficient (Wildman–Crippen LogP) is 2.04. The van der Waals surface area contributed by atoms with Gasteiger partial charge in [-0.05, 0) is 17.3 Å². The first kappa shape index (κ1) is 15.7. The van der Waals surface area contributed by atoms with Crippen LogP contribution < -0.4 is 5.73 Å². The molecule has 16 heavy (non-hydrogen) atoms. The topological polar surface area (TPSA) is 46.3 Å². The van der Waals surface area contributed by atoms with Crippen LogP contribution in [0.3, 0.4) is 0 Å². The van der Waals surface area contributed by atoms with Crippen molar-refractivity contribution in [2.24, 2.45) is 16.6 Å². The van der Waals surface area contributed by atoms with Crippen LogP contribution in [-0.4, -0.2) is 29.9 Å². The molecule has 0 radical (unpaired) electrons. The lowest BCUT2D eigenvalue weighted by atomic mass is 9.86. The van der Waals surface area contributed by atoms with Gasteiger partial charge in [0, 0.05) is 13.1 Å². The zero-order valence-corrected chi connectivity index (χ0v) is 11.9. The third kappa shape index (κ3) is 3.63. The van der Waals surface area contributed by atoms with Gasteiger partial charge in [-0.2, -0.15) is 0 Å². The van der Waals surface area contributed by atoms with Crippen molar-refractivity contribution in [2.45, 2.75) is 47.1 Å². The molecule has 0 aromatic rings. The molecule has 0 aromatic carbocycles. The van der Waals surface area contributed by atoms with Crippen molar-refractivity contribution in [3.8, 4) is 0 Å². The van der Waals surface area contributed by atoms with E-state index in [1.54, 1.807) is 0 Å². The molecular formula is C12H25ClN2O. The van der Waals surface area contributed by atoms with E-state index in [-0.39, 0.29) is 35.2 Å². The van der Waals surface area contributed by atoms with Gasteiger partial charge in [-0.1, -0.05) is 34.6 Å². The Labute approximate surface area is 105 Å². The van der Waals surface area contributed by atoms with Gasteiger partial charge in [-0.3, -0.25) is 4.79 Å². The lowest BCUT2D eigenvalue weighted by Crippen LogP contribution is -2.50. The number of likely N-dealkylation sites (tertiary alicyclic amines) is 1. The van der Waals surface area contributed by atoms with E-state index in [0.717, 1.165) is 19.5 Å². The second-order valence-electron chi connectivity index (χ2n) is 6.52. The first-order valence-electron chi connectivity index (χ1n) is 5.68. The van der Waals surface area contributed by atoms with Crippen LogP contribution in [0, 0.1) is 10.8 Å². The third-order valence-corrected chi connectivity index (χ3v) is 3.19. The second kappa shape index (κ2) is 4.92. The number of hydrogen-bond acceptors (Lipinski definition) is 2. The van der Waals surface area contributed by atoms with Gasteiger partial charge in [-0.15, -0.1) is 12.4 Å². The molecule has 0 bridgehead atoms. The van der Waals surface area contributed by atoms with Gasteiger partial charge < -0.3 is 10.6 Å². The number of nitrogens with two attached hydrogens (primary N) is 1. The second-order valence-corrected chi connectivity index (χ2v) is 6.52. The number of carbonyl (C=O) groups is 1. The molecule has 2 N–H and O–H groups in total. The molecule has 1 rings (SSSR count). The van der Waals surface area contributed by atoms with Gasteiger partial charge in [0.25, 0.3) is 0 Å². The van der Waals surface area contributed by atoms with Gasteiger partial charge in [0.05, 0.1) is 6.04 Å². The number of amides is 1. The zero-order valence-electron chi connectivity index (χ0n) is 11.0. The van der Waals surface area contributed by atoms with Crippen molar-refractivity contribution in [1.82, 2.24) is 4.90 Å². The number of nitrogens with zero attached hydrogens (tertiary/aromatic N) is 1. The van der Waals surface area contributed by atoms with E-state index in [4.69, 9.17) is 5.73 Å². The van der Waals surface area contributed by atoms with Crippen LogP contribution in [0.25, 0.3) is 0 Å². The highest BCUT2D eigenvalue weighted by Gasteiger charge is 2.37. The minimum Gasteiger partial charge on any atom is -0.341 e. The summed E-state index contributed by atoms with van der Waals surface area (Å²) in [6.45, 7) is 12.1. The fourth-order valence-corrected chi connectivity index (χ4v) is 1.87. The minimum atomic E-state index is -0.383. The van der Waals surface area contributed by atoms with Gasteiger partial charge in [-0.25, -0.2) is 0 Å². The predicted molar refractivity (Wildman–Crippen MR) is 69.7 cm³/mol. The molecule has 96 valence electrons. The smallest absolute Gasteiger partial charge is 0.240 e. The molecule has 1 saturated heterocycles. The standard InChI is InChI=1S/C12H24N2O.ClH/c1-11(2,3)9(13)10(15)14-7-6-12(4,5)8-14;/h9H,6-8,13H2,1-5H3;1H/t9-;/m1./s1. The monoisotopic (exact) mass is 248 g/mol. The first-order chi connectivity index (χ1) is 6.63. The lowest BCUT2D eigenvalue weighted by Gasteiger charge is -2.30. The summed E-state index contributed by atoms with van der Waals surface area (Å²) in [6, 6.07) is -0.383. The van der Waals surface area contributed by atoms with E-state index < -0.39 is 0 Å². The molecule has 1 fully saturated rings. The van der Waals surface area contributed by atoms with E-state index in [0.29, 0.717) is 0 Å². The van der Waals surface area contributed by atoms with Gasteiger partial charge in [0.1, 0.15) is 0 Å². The highest BCUT2D eigenvalue weighted by molar-refractivity contribution is 5.85. The third-order valence-electron chi connectivity index (χ3n) is 3.19. The maximum atomic E-state index is 12.1. The molecule has 1 amide bonds. The Kier molecular flexibility index (Phi) is 4.84. The Hall–Kier alpha value is -0.280. The van der Waals surface area contributed by atoms with Crippen molar-refractivity contribution in [1.29, 1.82) is 0 Å². The molecule has 1 atom stereocenters. The van der Waals surface area contributed by atoms with Crippen LogP contribution in [0.15, 0.2) is 0 Å². The van der Waals surface area contributed by atoms with Crippen molar-refractivity contribution in [3.63, 3.8) is 0 Å². The van der Waals surface area contributed by atoms with Crippen molar-refractivity contribution >= 4 is 18.3 Å². The van der Waals surface area contributed by atoms with E-state index in [9.17, 15) is 4.79 Å². The summed E-state index contributed by atoms with van der Waals surface area (Å²) < 4.78 is 0. The van der Waals surface area contributed by atoms with Gasteiger partial charge in [0.2, 0.25) is 5.91 Å². The van der Waals surface area contributed by atoms with Crippen LogP contribution in [0.1, 0.15) is 41.0 Å². The van der Waals surface area contributed by atoms with Crippen molar-refractivity contribution in [3.05, 3.63) is 0 Å². The zero-order chi connectivity index (χ0) is 11.9. The molecule has 0 spiro atoms. The van der Waals surface area contributed by atoms with Crippen LogP contribution in [0.5, 0.6) is 0 Å². The van der Waals surface area contributed by atoms with Gasteiger partial charge in [0.15, 0.2) is 0 Å². The van der Waals surface area contributed by atoms with Crippen LogP contribution >= 0.6 is 12.4 Å². The molecule has 1 aliphatic heterocycles. The number of halogens is 1. The van der Waals surface area contributed by atoms with Crippen molar-refractivity contribution in [2.75, 3.05) is 13.1 Å². The Morgan fingerprint density at radius 1 is 1.38 bits per heavy atom. The number of carbonyl (C=O) groups excluding carboxylic acids is 1. The summed E-state index contributed by atoms with van der Waals surface area (Å²) >= 11 is 0. The summed E-state index contributed by atoms with van der Waals surface area (Å²) in [6.07, 6.45) is 1.08. The highest BCUT2D eigenvalue weighted by atomic mass is 35.5. The summed E-state index contributed by atoms with van der Waals surface area (Å²) in [5.41, 5.74) is 6.08. The molecule has 0 unspecified atom stereocenters. The van der Waals surface area contributed by atoms with Gasteiger partial charge >= 0.3 is 0 Å². The molecule has 3 nitrogen and oxygen atoms in total. The van der Waals surface area contributed by atoms with E-state index in [2.05, 4.69) is 13.8 Å². The summed E-state index contributed by atoms with van der Waals surface area (Å²) in [5.74, 6) is 0.105. The molecule has 0 saturated carbocycles. The maximum Gasteiger partial charge on any atom is 0.240 e. The molecule has 0 aliphatic carbocycles. The SMILES string of the molecule is CC1(C)CCN(C(=O)[C@@H](N)C(C)(C)C)C1.Cl. The molecule has 4 heteroatoms. The summed E-state index contributed by atoms with van der Waals surface area (Å²) in [7, 11) is 0.